The second-order valence-electron chi connectivity index (χ2n) is 7.70. The molecular weight excluding hydrogens is 459 g/mol. The Morgan fingerprint density at radius 3 is 2.29 bits per heavy atom. The summed E-state index contributed by atoms with van der Waals surface area (Å²) >= 11 is 0. The van der Waals surface area contributed by atoms with Gasteiger partial charge in [-0.05, 0) is 42.0 Å². The van der Waals surface area contributed by atoms with Crippen LogP contribution in [-0.2, 0) is 6.54 Å². The first-order chi connectivity index (χ1) is 16.8. The van der Waals surface area contributed by atoms with Gasteiger partial charge in [0.15, 0.2) is 28.8 Å². The number of hydrogen-bond donors (Lipinski definition) is 1. The lowest BCUT2D eigenvalue weighted by Crippen LogP contribution is -2.24. The molecule has 0 fully saturated rings. The molecule has 0 aliphatic carbocycles. The topological polar surface area (TPSA) is 95.8 Å². The van der Waals surface area contributed by atoms with E-state index in [0.29, 0.717) is 0 Å². The Hall–Kier alpha value is -4.73. The highest BCUT2D eigenvalue weighted by Gasteiger charge is 2.25. The Morgan fingerprint density at radius 2 is 1.60 bits per heavy atom. The number of rotatable bonds is 5. The van der Waals surface area contributed by atoms with Crippen molar-refractivity contribution in [3.8, 4) is 17.1 Å². The first-order valence-corrected chi connectivity index (χ1v) is 10.4. The fraction of sp³-hybridized carbons (Fsp3) is 0.0400. The molecule has 1 amide bonds. The van der Waals surface area contributed by atoms with Gasteiger partial charge in [0.05, 0.1) is 17.8 Å². The molecule has 3 aromatic carbocycles. The van der Waals surface area contributed by atoms with Gasteiger partial charge in [-0.3, -0.25) is 9.36 Å². The molecule has 2 heterocycles. The number of halogens is 3. The second-order valence-corrected chi connectivity index (χ2v) is 7.70. The number of hydrogen-bond acceptors (Lipinski definition) is 4. The lowest BCUT2D eigenvalue weighted by molar-refractivity contribution is 0.0997. The monoisotopic (exact) mass is 475 g/mol. The zero-order valence-corrected chi connectivity index (χ0v) is 18.0. The third-order valence-electron chi connectivity index (χ3n) is 5.46. The van der Waals surface area contributed by atoms with Crippen molar-refractivity contribution in [2.45, 2.75) is 6.54 Å². The molecule has 2 aromatic heterocycles. The Kier molecular flexibility index (Phi) is 5.40. The van der Waals surface area contributed by atoms with Crippen LogP contribution in [-0.4, -0.2) is 25.0 Å². The highest BCUT2D eigenvalue weighted by molar-refractivity contribution is 6.02. The molecule has 0 saturated heterocycles. The summed E-state index contributed by atoms with van der Waals surface area (Å²) in [7, 11) is 0. The number of nitrogens with two attached hydrogens (primary N) is 1. The van der Waals surface area contributed by atoms with E-state index in [1.165, 1.54) is 28.8 Å². The normalized spacial score (nSPS) is 11.2. The third kappa shape index (κ3) is 3.84. The number of aromatic nitrogens is 4. The molecular formula is C25H16F3N5O2. The number of nitrogens with zero attached hydrogens (tertiary/aromatic N) is 4. The van der Waals surface area contributed by atoms with Crippen molar-refractivity contribution < 1.29 is 18.0 Å². The Bertz CT molecular complexity index is 1640. The van der Waals surface area contributed by atoms with Gasteiger partial charge in [0.1, 0.15) is 11.3 Å². The predicted octanol–water partition coefficient (Wildman–Crippen LogP) is 3.81. The molecule has 5 rings (SSSR count). The van der Waals surface area contributed by atoms with Gasteiger partial charge in [0.25, 0.3) is 5.91 Å². The molecule has 10 heteroatoms. The zero-order valence-electron chi connectivity index (χ0n) is 18.0. The minimum absolute atomic E-state index is 0.0104. The number of imidazole rings is 1. The van der Waals surface area contributed by atoms with E-state index < -0.39 is 29.0 Å². The highest BCUT2D eigenvalue weighted by Crippen LogP contribution is 2.26. The predicted molar refractivity (Wildman–Crippen MR) is 122 cm³/mol. The van der Waals surface area contributed by atoms with Crippen molar-refractivity contribution in [1.29, 1.82) is 0 Å². The smallest absolute Gasteiger partial charge is 0.335 e. The Labute approximate surface area is 195 Å². The molecule has 0 aliphatic rings. The molecule has 0 spiro atoms. The van der Waals surface area contributed by atoms with Crippen LogP contribution >= 0.6 is 0 Å². The maximum absolute atomic E-state index is 14.6. The van der Waals surface area contributed by atoms with E-state index in [2.05, 4.69) is 9.97 Å². The summed E-state index contributed by atoms with van der Waals surface area (Å²) in [5.74, 6) is -4.21. The molecule has 35 heavy (non-hydrogen) atoms. The van der Waals surface area contributed by atoms with Crippen LogP contribution in [0.4, 0.5) is 13.2 Å². The van der Waals surface area contributed by atoms with E-state index in [9.17, 15) is 22.8 Å². The van der Waals surface area contributed by atoms with E-state index >= 15 is 0 Å². The van der Waals surface area contributed by atoms with Crippen LogP contribution < -0.4 is 11.4 Å². The summed E-state index contributed by atoms with van der Waals surface area (Å²) in [6, 6.07) is 17.4. The van der Waals surface area contributed by atoms with Crippen LogP contribution in [0.1, 0.15) is 16.1 Å². The van der Waals surface area contributed by atoms with Crippen molar-refractivity contribution in [3.05, 3.63) is 112 Å². The van der Waals surface area contributed by atoms with Crippen LogP contribution in [0.2, 0.25) is 0 Å². The maximum atomic E-state index is 14.6. The van der Waals surface area contributed by atoms with Crippen molar-refractivity contribution in [2.75, 3.05) is 0 Å². The van der Waals surface area contributed by atoms with Gasteiger partial charge >= 0.3 is 5.69 Å². The molecule has 174 valence electrons. The standard InChI is InChI=1S/C25H16F3N5O2/c26-15-9-11-16(12-10-15)33-24-21(32(25(33)35)13-14-5-2-1-3-6-14)20(22(29)34)30-23(31-24)17-7-4-8-18(27)19(17)28/h1-12H,13H2,(H2,29,34). The Morgan fingerprint density at radius 1 is 0.886 bits per heavy atom. The highest BCUT2D eigenvalue weighted by atomic mass is 19.2. The molecule has 0 aliphatic heterocycles. The van der Waals surface area contributed by atoms with Crippen molar-refractivity contribution in [2.24, 2.45) is 5.73 Å². The van der Waals surface area contributed by atoms with E-state index in [-0.39, 0.29) is 40.5 Å². The molecule has 0 atom stereocenters. The van der Waals surface area contributed by atoms with E-state index in [0.717, 1.165) is 28.3 Å². The molecule has 0 unspecified atom stereocenters. The van der Waals surface area contributed by atoms with Crippen molar-refractivity contribution >= 4 is 17.1 Å². The van der Waals surface area contributed by atoms with Crippen LogP contribution in [0.5, 0.6) is 0 Å². The first kappa shape index (κ1) is 22.1. The number of carbonyl (C=O) groups excluding carboxylic acids is 1. The van der Waals surface area contributed by atoms with Crippen LogP contribution in [0.3, 0.4) is 0 Å². The third-order valence-corrected chi connectivity index (χ3v) is 5.46. The van der Waals surface area contributed by atoms with E-state index in [1.54, 1.807) is 24.3 Å². The summed E-state index contributed by atoms with van der Waals surface area (Å²) in [6.07, 6.45) is 0. The molecule has 0 bridgehead atoms. The molecule has 0 radical (unpaired) electrons. The van der Waals surface area contributed by atoms with Gasteiger partial charge in [-0.1, -0.05) is 36.4 Å². The molecule has 0 saturated carbocycles. The summed E-state index contributed by atoms with van der Waals surface area (Å²) in [6.45, 7) is 0.0433. The summed E-state index contributed by atoms with van der Waals surface area (Å²) in [5.41, 5.74) is 5.26. The van der Waals surface area contributed by atoms with Crippen molar-refractivity contribution in [3.63, 3.8) is 0 Å². The fourth-order valence-electron chi connectivity index (χ4n) is 3.86. The van der Waals surface area contributed by atoms with Gasteiger partial charge < -0.3 is 5.73 Å². The number of carbonyl (C=O) groups is 1. The molecule has 5 aromatic rings. The summed E-state index contributed by atoms with van der Waals surface area (Å²) in [5, 5.41) is 0. The van der Waals surface area contributed by atoms with Gasteiger partial charge in [-0.15, -0.1) is 0 Å². The van der Waals surface area contributed by atoms with E-state index in [4.69, 9.17) is 5.73 Å². The summed E-state index contributed by atoms with van der Waals surface area (Å²) < 4.78 is 44.5. The lowest BCUT2D eigenvalue weighted by atomic mass is 10.1. The number of benzene rings is 3. The maximum Gasteiger partial charge on any atom is 0.335 e. The minimum atomic E-state index is -1.22. The van der Waals surface area contributed by atoms with Gasteiger partial charge in [-0.25, -0.2) is 32.5 Å². The quantitative estimate of drug-likeness (QED) is 0.418. The fourth-order valence-corrected chi connectivity index (χ4v) is 3.86. The minimum Gasteiger partial charge on any atom is -0.364 e. The van der Waals surface area contributed by atoms with Gasteiger partial charge in [-0.2, -0.15) is 0 Å². The number of primary amides is 1. The SMILES string of the molecule is NC(=O)c1nc(-c2cccc(F)c2F)nc2c1n(Cc1ccccc1)c(=O)n2-c1ccc(F)cc1. The van der Waals surface area contributed by atoms with Crippen LogP contribution in [0.25, 0.3) is 28.2 Å². The van der Waals surface area contributed by atoms with Crippen LogP contribution in [0.15, 0.2) is 77.6 Å². The van der Waals surface area contributed by atoms with Crippen molar-refractivity contribution in [1.82, 2.24) is 19.1 Å². The van der Waals surface area contributed by atoms with Gasteiger partial charge in [0, 0.05) is 0 Å². The molecule has 2 N–H and O–H groups in total. The lowest BCUT2D eigenvalue weighted by Gasteiger charge is -2.09. The zero-order chi connectivity index (χ0) is 24.7. The largest absolute Gasteiger partial charge is 0.364 e. The number of fused-ring (bicyclic) bond motifs is 1. The molecule has 7 nitrogen and oxygen atoms in total. The van der Waals surface area contributed by atoms with E-state index in [1.807, 2.05) is 6.07 Å². The average Bonchev–Trinajstić information content (AvgIpc) is 3.12. The summed E-state index contributed by atoms with van der Waals surface area (Å²) in [4.78, 5) is 34.5. The van der Waals surface area contributed by atoms with Gasteiger partial charge in [0.2, 0.25) is 0 Å². The van der Waals surface area contributed by atoms with Crippen LogP contribution in [0, 0.1) is 17.5 Å². The second kappa shape index (κ2) is 8.56. The Balaban J connectivity index is 1.88. The number of amides is 1. The average molecular weight is 475 g/mol. The first-order valence-electron chi connectivity index (χ1n) is 10.4.